The van der Waals surface area contributed by atoms with Crippen LogP contribution in [0.3, 0.4) is 0 Å². The summed E-state index contributed by atoms with van der Waals surface area (Å²) < 4.78 is 44.0. The lowest BCUT2D eigenvalue weighted by atomic mass is 9.71. The van der Waals surface area contributed by atoms with Crippen molar-refractivity contribution in [3.63, 3.8) is 0 Å². The van der Waals surface area contributed by atoms with E-state index < -0.39 is 10.4 Å². The molecule has 2 atom stereocenters. The number of ether oxygens (including phenoxy) is 2. The van der Waals surface area contributed by atoms with E-state index in [1.807, 2.05) is 0 Å². The molecule has 0 aromatic rings. The van der Waals surface area contributed by atoms with E-state index in [0.717, 1.165) is 12.8 Å². The summed E-state index contributed by atoms with van der Waals surface area (Å²) in [5.41, 5.74) is 0.326. The lowest BCUT2D eigenvalue weighted by Crippen LogP contribution is -2.33. The highest BCUT2D eigenvalue weighted by Gasteiger charge is 2.32. The molecule has 7 heteroatoms. The molecule has 0 bridgehead atoms. The predicted octanol–water partition coefficient (Wildman–Crippen LogP) is 2.05. The van der Waals surface area contributed by atoms with Crippen LogP contribution in [0.1, 0.15) is 40.0 Å². The summed E-state index contributed by atoms with van der Waals surface area (Å²) in [6.07, 6.45) is 3.64. The van der Waals surface area contributed by atoms with E-state index in [9.17, 15) is 8.42 Å². The van der Waals surface area contributed by atoms with E-state index in [-0.39, 0.29) is 19.3 Å². The Labute approximate surface area is 121 Å². The van der Waals surface area contributed by atoms with Gasteiger partial charge in [0.1, 0.15) is 0 Å². The van der Waals surface area contributed by atoms with Crippen molar-refractivity contribution in [3.05, 3.63) is 0 Å². The van der Waals surface area contributed by atoms with Crippen LogP contribution >= 0.6 is 0 Å². The van der Waals surface area contributed by atoms with Gasteiger partial charge in [0.2, 0.25) is 0 Å². The maximum absolute atomic E-state index is 10.3. The summed E-state index contributed by atoms with van der Waals surface area (Å²) in [5, 5.41) is 0. The highest BCUT2D eigenvalue weighted by atomic mass is 32.3. The average Bonchev–Trinajstić information content (AvgIpc) is 2.23. The van der Waals surface area contributed by atoms with Gasteiger partial charge in [0.15, 0.2) is 0 Å². The van der Waals surface area contributed by atoms with Crippen molar-refractivity contribution in [1.29, 1.82) is 0 Å². The van der Waals surface area contributed by atoms with Gasteiger partial charge in [-0.05, 0) is 30.6 Å². The molecular weight excluding hydrogens is 284 g/mol. The van der Waals surface area contributed by atoms with Gasteiger partial charge in [-0.15, -0.1) is 0 Å². The molecule has 0 aromatic carbocycles. The van der Waals surface area contributed by atoms with E-state index in [1.165, 1.54) is 6.42 Å². The molecule has 6 nitrogen and oxygen atoms in total. The summed E-state index contributed by atoms with van der Waals surface area (Å²) in [4.78, 5) is 0. The summed E-state index contributed by atoms with van der Waals surface area (Å²) in [7, 11) is -4.36. The Bertz CT molecular complexity index is 378. The largest absolute Gasteiger partial charge is 0.397 e. The second-order valence-corrected chi connectivity index (χ2v) is 7.36. The lowest BCUT2D eigenvalue weighted by molar-refractivity contribution is -0.0465. The minimum atomic E-state index is -4.36. The minimum Gasteiger partial charge on any atom is -0.377 e. The summed E-state index contributed by atoms with van der Waals surface area (Å²) in [6, 6.07) is 0. The fourth-order valence-corrected chi connectivity index (χ4v) is 3.24. The first-order valence-corrected chi connectivity index (χ1v) is 8.36. The monoisotopic (exact) mass is 310 g/mol. The van der Waals surface area contributed by atoms with Crippen molar-refractivity contribution in [3.8, 4) is 0 Å². The smallest absolute Gasteiger partial charge is 0.377 e. The predicted molar refractivity (Wildman–Crippen MR) is 74.9 cm³/mol. The normalized spacial score (nSPS) is 26.6. The van der Waals surface area contributed by atoms with Crippen molar-refractivity contribution >= 4 is 10.4 Å². The topological polar surface area (TPSA) is 82.1 Å². The van der Waals surface area contributed by atoms with Crippen LogP contribution in [0.4, 0.5) is 0 Å². The second kappa shape index (κ2) is 7.70. The molecule has 1 saturated carbocycles. The third-order valence-electron chi connectivity index (χ3n) is 3.39. The molecule has 1 aliphatic rings. The van der Waals surface area contributed by atoms with E-state index in [2.05, 4.69) is 25.0 Å². The third-order valence-corrected chi connectivity index (χ3v) is 3.85. The second-order valence-electron chi connectivity index (χ2n) is 6.27. The SMILES string of the molecule is C[C@H]1C[C@@H](OCCOCCOS(=O)(=O)O)CC(C)(C)C1. The number of hydrogen-bond donors (Lipinski definition) is 1. The minimum absolute atomic E-state index is 0.107. The maximum Gasteiger partial charge on any atom is 0.397 e. The molecule has 0 heterocycles. The van der Waals surface area contributed by atoms with Crippen LogP contribution in [0.2, 0.25) is 0 Å². The summed E-state index contributed by atoms with van der Waals surface area (Å²) >= 11 is 0. The first kappa shape index (κ1) is 17.8. The van der Waals surface area contributed by atoms with Crippen molar-refractivity contribution < 1.29 is 26.6 Å². The van der Waals surface area contributed by atoms with Gasteiger partial charge in [-0.25, -0.2) is 4.18 Å². The summed E-state index contributed by atoms with van der Waals surface area (Å²) in [5.74, 6) is 0.674. The van der Waals surface area contributed by atoms with Crippen molar-refractivity contribution in [1.82, 2.24) is 0 Å². The Balaban J connectivity index is 2.06. The van der Waals surface area contributed by atoms with Gasteiger partial charge in [0.25, 0.3) is 0 Å². The van der Waals surface area contributed by atoms with Gasteiger partial charge in [0, 0.05) is 0 Å². The van der Waals surface area contributed by atoms with Crippen LogP contribution in [0.5, 0.6) is 0 Å². The van der Waals surface area contributed by atoms with E-state index in [0.29, 0.717) is 24.5 Å². The highest BCUT2D eigenvalue weighted by Crippen LogP contribution is 2.39. The standard InChI is InChI=1S/C13H26O6S/c1-11-8-12(10-13(2,3)9-11)18-6-4-17-5-7-19-20(14,15)16/h11-12H,4-10H2,1-3H3,(H,14,15,16)/t11-,12+/m0/s1. The van der Waals surface area contributed by atoms with Crippen LogP contribution in [0, 0.1) is 11.3 Å². The Morgan fingerprint density at radius 3 is 2.40 bits per heavy atom. The first-order chi connectivity index (χ1) is 9.18. The Kier molecular flexibility index (Phi) is 6.87. The Morgan fingerprint density at radius 1 is 1.15 bits per heavy atom. The lowest BCUT2D eigenvalue weighted by Gasteiger charge is -2.38. The van der Waals surface area contributed by atoms with E-state index >= 15 is 0 Å². The van der Waals surface area contributed by atoms with Crippen molar-refractivity contribution in [2.45, 2.75) is 46.1 Å². The highest BCUT2D eigenvalue weighted by molar-refractivity contribution is 7.80. The van der Waals surface area contributed by atoms with Gasteiger partial charge >= 0.3 is 10.4 Å². The van der Waals surface area contributed by atoms with Crippen LogP contribution in [0.25, 0.3) is 0 Å². The molecule has 0 unspecified atom stereocenters. The zero-order valence-corrected chi connectivity index (χ0v) is 13.3. The molecule has 1 N–H and O–H groups in total. The quantitative estimate of drug-likeness (QED) is 0.546. The van der Waals surface area contributed by atoms with Crippen LogP contribution in [-0.2, 0) is 24.1 Å². The molecule has 0 radical (unpaired) electrons. The summed E-state index contributed by atoms with van der Waals surface area (Å²) in [6.45, 7) is 7.58. The van der Waals surface area contributed by atoms with Gasteiger partial charge in [0.05, 0.1) is 32.5 Å². The fraction of sp³-hybridized carbons (Fsp3) is 1.00. The van der Waals surface area contributed by atoms with Crippen LogP contribution < -0.4 is 0 Å². The molecule has 1 rings (SSSR count). The Hall–Kier alpha value is -0.210. The Morgan fingerprint density at radius 2 is 1.80 bits per heavy atom. The zero-order valence-electron chi connectivity index (χ0n) is 12.5. The van der Waals surface area contributed by atoms with E-state index in [1.54, 1.807) is 0 Å². The molecule has 1 aliphatic carbocycles. The molecule has 0 saturated heterocycles. The molecule has 0 spiro atoms. The molecule has 120 valence electrons. The third kappa shape index (κ3) is 8.16. The van der Waals surface area contributed by atoms with Gasteiger partial charge in [-0.1, -0.05) is 20.8 Å². The van der Waals surface area contributed by atoms with Gasteiger partial charge in [-0.3, -0.25) is 4.55 Å². The van der Waals surface area contributed by atoms with Crippen molar-refractivity contribution in [2.24, 2.45) is 11.3 Å². The number of rotatable bonds is 8. The van der Waals surface area contributed by atoms with Crippen LogP contribution in [-0.4, -0.2) is 45.5 Å². The van der Waals surface area contributed by atoms with Gasteiger partial charge < -0.3 is 9.47 Å². The zero-order chi connectivity index (χ0) is 15.2. The molecule has 0 aromatic heterocycles. The van der Waals surface area contributed by atoms with Crippen LogP contribution in [0.15, 0.2) is 0 Å². The molecule has 0 amide bonds. The fourth-order valence-electron chi connectivity index (χ4n) is 2.96. The van der Waals surface area contributed by atoms with Gasteiger partial charge in [-0.2, -0.15) is 8.42 Å². The average molecular weight is 310 g/mol. The molecule has 20 heavy (non-hydrogen) atoms. The molecular formula is C13H26O6S. The first-order valence-electron chi connectivity index (χ1n) is 6.99. The number of hydrogen-bond acceptors (Lipinski definition) is 5. The maximum atomic E-state index is 10.3. The van der Waals surface area contributed by atoms with Crippen molar-refractivity contribution in [2.75, 3.05) is 26.4 Å². The molecule has 0 aliphatic heterocycles. The van der Waals surface area contributed by atoms with E-state index in [4.69, 9.17) is 14.0 Å². The molecule has 1 fully saturated rings.